The average molecular weight is 422 g/mol. The molecule has 0 unspecified atom stereocenters. The minimum absolute atomic E-state index is 0.150. The first kappa shape index (κ1) is 21.3. The van der Waals surface area contributed by atoms with Crippen molar-refractivity contribution in [2.45, 2.75) is 0 Å². The molecule has 1 aromatic heterocycles. The summed E-state index contributed by atoms with van der Waals surface area (Å²) in [6.45, 7) is -0.642. The quantitative estimate of drug-likeness (QED) is 0.561. The number of anilines is 1. The molecule has 3 rings (SSSR count). The topological polar surface area (TPSA) is 124 Å². The summed E-state index contributed by atoms with van der Waals surface area (Å²) >= 11 is 0. The Labute approximate surface area is 177 Å². The third-order valence-corrected chi connectivity index (χ3v) is 4.06. The van der Waals surface area contributed by atoms with E-state index in [0.717, 1.165) is 0 Å². The molecule has 31 heavy (non-hydrogen) atoms. The van der Waals surface area contributed by atoms with Crippen molar-refractivity contribution in [2.24, 2.45) is 0 Å². The molecule has 2 aromatic carbocycles. The van der Waals surface area contributed by atoms with E-state index in [1.165, 1.54) is 49.8 Å². The van der Waals surface area contributed by atoms with E-state index in [2.05, 4.69) is 10.6 Å². The molecule has 0 radical (unpaired) electrons. The second-order valence-corrected chi connectivity index (χ2v) is 6.16. The molecule has 3 amide bonds. The van der Waals surface area contributed by atoms with Gasteiger partial charge < -0.3 is 19.2 Å². The molecule has 0 fully saturated rings. The number of carbonyl (C=O) groups is 4. The maximum atomic E-state index is 12.2. The predicted octanol–water partition coefficient (Wildman–Crippen LogP) is 2.65. The van der Waals surface area contributed by atoms with Crippen LogP contribution >= 0.6 is 0 Å². The molecule has 9 heteroatoms. The zero-order valence-electron chi connectivity index (χ0n) is 16.4. The molecule has 0 atom stereocenters. The molecule has 3 aromatic rings. The fourth-order valence-electron chi connectivity index (χ4n) is 2.57. The molecule has 1 heterocycles. The number of furan rings is 1. The van der Waals surface area contributed by atoms with Crippen LogP contribution in [0.3, 0.4) is 0 Å². The van der Waals surface area contributed by atoms with Gasteiger partial charge in [0.2, 0.25) is 0 Å². The molecular weight excluding hydrogens is 404 g/mol. The summed E-state index contributed by atoms with van der Waals surface area (Å²) in [5, 5.41) is 4.74. The Hall–Kier alpha value is -4.40. The summed E-state index contributed by atoms with van der Waals surface area (Å²) in [5.74, 6) is -2.19. The van der Waals surface area contributed by atoms with Gasteiger partial charge in [-0.2, -0.15) is 0 Å². The predicted molar refractivity (Wildman–Crippen MR) is 109 cm³/mol. The van der Waals surface area contributed by atoms with Gasteiger partial charge in [0, 0.05) is 5.69 Å². The summed E-state index contributed by atoms with van der Waals surface area (Å²) < 4.78 is 15.0. The van der Waals surface area contributed by atoms with Crippen LogP contribution in [-0.4, -0.2) is 37.4 Å². The molecule has 0 aliphatic rings. The summed E-state index contributed by atoms with van der Waals surface area (Å²) in [7, 11) is 1.41. The molecule has 158 valence electrons. The van der Waals surface area contributed by atoms with Crippen molar-refractivity contribution in [3.63, 3.8) is 0 Å². The number of imide groups is 1. The summed E-state index contributed by atoms with van der Waals surface area (Å²) in [6, 6.07) is 15.4. The molecule has 0 aliphatic heterocycles. The lowest BCUT2D eigenvalue weighted by molar-refractivity contribution is -0.123. The van der Waals surface area contributed by atoms with Crippen molar-refractivity contribution in [2.75, 3.05) is 19.0 Å². The second kappa shape index (κ2) is 9.88. The Kier molecular flexibility index (Phi) is 6.79. The highest BCUT2D eigenvalue weighted by molar-refractivity contribution is 6.07. The molecule has 0 saturated carbocycles. The van der Waals surface area contributed by atoms with E-state index >= 15 is 0 Å². The van der Waals surface area contributed by atoms with Crippen molar-refractivity contribution in [1.82, 2.24) is 5.32 Å². The maximum Gasteiger partial charge on any atom is 0.338 e. The number of ether oxygens (including phenoxy) is 2. The number of hydrogen-bond donors (Lipinski definition) is 2. The number of nitrogens with one attached hydrogen (secondary N) is 2. The first-order valence-electron chi connectivity index (χ1n) is 9.07. The fraction of sp³-hybridized carbons (Fsp3) is 0.0909. The number of methoxy groups -OCH3 is 1. The maximum absolute atomic E-state index is 12.2. The highest BCUT2D eigenvalue weighted by Crippen LogP contribution is 2.17. The number of esters is 1. The van der Waals surface area contributed by atoms with Crippen LogP contribution in [0.2, 0.25) is 0 Å². The van der Waals surface area contributed by atoms with E-state index in [-0.39, 0.29) is 16.9 Å². The first-order valence-corrected chi connectivity index (χ1v) is 9.07. The van der Waals surface area contributed by atoms with Gasteiger partial charge in [-0.1, -0.05) is 12.1 Å². The van der Waals surface area contributed by atoms with Crippen molar-refractivity contribution in [1.29, 1.82) is 0 Å². The zero-order valence-corrected chi connectivity index (χ0v) is 16.4. The SMILES string of the molecule is COc1ccccc1C(=O)NC(=O)COC(=O)c1ccc(NC(=O)c2ccco2)cc1. The lowest BCUT2D eigenvalue weighted by atomic mass is 10.2. The number of carbonyl (C=O) groups excluding carboxylic acids is 4. The molecule has 0 spiro atoms. The van der Waals surface area contributed by atoms with Gasteiger partial charge in [0.15, 0.2) is 12.4 Å². The van der Waals surface area contributed by atoms with Gasteiger partial charge in [0.1, 0.15) is 5.75 Å². The Bertz CT molecular complexity index is 1090. The van der Waals surface area contributed by atoms with Crippen molar-refractivity contribution in [3.8, 4) is 5.75 Å². The van der Waals surface area contributed by atoms with Crippen LogP contribution in [-0.2, 0) is 9.53 Å². The highest BCUT2D eigenvalue weighted by Gasteiger charge is 2.17. The van der Waals surface area contributed by atoms with E-state index in [1.54, 1.807) is 24.3 Å². The number of benzene rings is 2. The molecule has 9 nitrogen and oxygen atoms in total. The van der Waals surface area contributed by atoms with E-state index < -0.39 is 30.3 Å². The van der Waals surface area contributed by atoms with Crippen LogP contribution in [0.25, 0.3) is 0 Å². The van der Waals surface area contributed by atoms with Gasteiger partial charge in [0.05, 0.1) is 24.5 Å². The van der Waals surface area contributed by atoms with Crippen molar-refractivity contribution in [3.05, 3.63) is 83.8 Å². The summed E-state index contributed by atoms with van der Waals surface area (Å²) in [5.41, 5.74) is 0.787. The van der Waals surface area contributed by atoms with E-state index in [4.69, 9.17) is 13.9 Å². The highest BCUT2D eigenvalue weighted by atomic mass is 16.5. The normalized spacial score (nSPS) is 10.1. The molecule has 2 N–H and O–H groups in total. The zero-order chi connectivity index (χ0) is 22.2. The number of rotatable bonds is 7. The Morgan fingerprint density at radius 1 is 0.903 bits per heavy atom. The Morgan fingerprint density at radius 2 is 1.65 bits per heavy atom. The van der Waals surface area contributed by atoms with Crippen molar-refractivity contribution < 1.29 is 33.1 Å². The number of hydrogen-bond acceptors (Lipinski definition) is 7. The van der Waals surface area contributed by atoms with Gasteiger partial charge in [0.25, 0.3) is 17.7 Å². The molecular formula is C22H18N2O7. The van der Waals surface area contributed by atoms with Gasteiger partial charge in [-0.15, -0.1) is 0 Å². The van der Waals surface area contributed by atoms with Crippen LogP contribution in [0.1, 0.15) is 31.3 Å². The third kappa shape index (κ3) is 5.57. The lowest BCUT2D eigenvalue weighted by Gasteiger charge is -2.09. The first-order chi connectivity index (χ1) is 15.0. The lowest BCUT2D eigenvalue weighted by Crippen LogP contribution is -2.34. The number of para-hydroxylation sites is 1. The number of amides is 3. The standard InChI is InChI=1S/C22H18N2O7/c1-29-17-6-3-2-5-16(17)20(26)24-19(25)13-31-22(28)14-8-10-15(11-9-14)23-21(27)18-7-4-12-30-18/h2-12H,13H2,1H3,(H,23,27)(H,24,25,26). The summed E-state index contributed by atoms with van der Waals surface area (Å²) in [4.78, 5) is 48.2. The van der Waals surface area contributed by atoms with Gasteiger partial charge in [-0.25, -0.2) is 4.79 Å². The van der Waals surface area contributed by atoms with Crippen molar-refractivity contribution >= 4 is 29.4 Å². The monoisotopic (exact) mass is 422 g/mol. The van der Waals surface area contributed by atoms with Crippen LogP contribution in [0.5, 0.6) is 5.75 Å². The largest absolute Gasteiger partial charge is 0.496 e. The van der Waals surface area contributed by atoms with Crippen LogP contribution in [0.15, 0.2) is 71.3 Å². The van der Waals surface area contributed by atoms with Crippen LogP contribution in [0.4, 0.5) is 5.69 Å². The minimum Gasteiger partial charge on any atom is -0.496 e. The van der Waals surface area contributed by atoms with Gasteiger partial charge in [-0.05, 0) is 48.5 Å². The van der Waals surface area contributed by atoms with E-state index in [0.29, 0.717) is 11.4 Å². The minimum atomic E-state index is -0.786. The van der Waals surface area contributed by atoms with Crippen LogP contribution < -0.4 is 15.4 Å². The van der Waals surface area contributed by atoms with Gasteiger partial charge in [-0.3, -0.25) is 19.7 Å². The Morgan fingerprint density at radius 3 is 2.32 bits per heavy atom. The average Bonchev–Trinajstić information content (AvgIpc) is 3.33. The third-order valence-electron chi connectivity index (χ3n) is 4.06. The van der Waals surface area contributed by atoms with E-state index in [9.17, 15) is 19.2 Å². The van der Waals surface area contributed by atoms with Gasteiger partial charge >= 0.3 is 5.97 Å². The summed E-state index contributed by atoms with van der Waals surface area (Å²) in [6.07, 6.45) is 1.38. The van der Waals surface area contributed by atoms with Crippen LogP contribution in [0, 0.1) is 0 Å². The smallest absolute Gasteiger partial charge is 0.338 e. The second-order valence-electron chi connectivity index (χ2n) is 6.16. The fourth-order valence-corrected chi connectivity index (χ4v) is 2.57. The Balaban J connectivity index is 1.50. The molecule has 0 bridgehead atoms. The molecule has 0 aliphatic carbocycles. The molecule has 0 saturated heterocycles. The van der Waals surface area contributed by atoms with E-state index in [1.807, 2.05) is 0 Å².